The van der Waals surface area contributed by atoms with E-state index in [9.17, 15) is 9.59 Å². The Morgan fingerprint density at radius 3 is 1.35 bits per heavy atom. The molecular weight excluding hydrogens is 514 g/mol. The second-order valence-corrected chi connectivity index (χ2v) is 8.94. The molecule has 0 fully saturated rings. The van der Waals surface area contributed by atoms with Crippen molar-refractivity contribution in [2.24, 2.45) is 0 Å². The van der Waals surface area contributed by atoms with Crippen LogP contribution < -0.4 is 10.6 Å². The molecule has 174 valence electrons. The molecular formula is C26H20Cl4N2O2. The van der Waals surface area contributed by atoms with E-state index in [0.29, 0.717) is 44.3 Å². The number of nitrogens with one attached hydrogen (secondary N) is 2. The third-order valence-electron chi connectivity index (χ3n) is 4.71. The van der Waals surface area contributed by atoms with Crippen LogP contribution >= 0.6 is 46.4 Å². The van der Waals surface area contributed by atoms with Gasteiger partial charge in [-0.3, -0.25) is 9.59 Å². The average molecular weight is 534 g/mol. The summed E-state index contributed by atoms with van der Waals surface area (Å²) in [5.74, 6) is -0.482. The molecule has 0 atom stereocenters. The Kier molecular flexibility index (Phi) is 9.61. The Morgan fingerprint density at radius 2 is 1.00 bits per heavy atom. The normalized spacial score (nSPS) is 11.2. The van der Waals surface area contributed by atoms with Crippen LogP contribution in [0, 0.1) is 0 Å². The number of hydrogen-bond acceptors (Lipinski definition) is 2. The molecule has 0 unspecified atom stereocenters. The Hall–Kier alpha value is -2.76. The van der Waals surface area contributed by atoms with Gasteiger partial charge in [0, 0.05) is 45.3 Å². The molecule has 0 bridgehead atoms. The van der Waals surface area contributed by atoms with Crippen molar-refractivity contribution >= 4 is 70.4 Å². The van der Waals surface area contributed by atoms with Crippen molar-refractivity contribution < 1.29 is 9.59 Å². The van der Waals surface area contributed by atoms with Gasteiger partial charge in [-0.15, -0.1) is 0 Å². The summed E-state index contributed by atoms with van der Waals surface area (Å²) in [6.45, 7) is 0.740. The molecule has 0 heterocycles. The highest BCUT2D eigenvalue weighted by molar-refractivity contribution is 6.36. The van der Waals surface area contributed by atoms with Crippen molar-refractivity contribution in [3.63, 3.8) is 0 Å². The lowest BCUT2D eigenvalue weighted by Crippen LogP contribution is -2.21. The summed E-state index contributed by atoms with van der Waals surface area (Å²) in [7, 11) is 0. The van der Waals surface area contributed by atoms with Crippen LogP contribution in [-0.2, 0) is 22.7 Å². The highest BCUT2D eigenvalue weighted by Crippen LogP contribution is 2.22. The van der Waals surface area contributed by atoms with Crippen LogP contribution in [0.5, 0.6) is 0 Å². The van der Waals surface area contributed by atoms with Gasteiger partial charge in [0.25, 0.3) is 0 Å². The molecule has 0 saturated carbocycles. The van der Waals surface area contributed by atoms with Gasteiger partial charge in [-0.1, -0.05) is 82.8 Å². The van der Waals surface area contributed by atoms with E-state index in [1.807, 2.05) is 24.3 Å². The maximum atomic E-state index is 12.1. The van der Waals surface area contributed by atoms with Crippen LogP contribution in [0.2, 0.25) is 20.1 Å². The van der Waals surface area contributed by atoms with Crippen LogP contribution in [-0.4, -0.2) is 11.8 Å². The van der Waals surface area contributed by atoms with E-state index in [2.05, 4.69) is 10.6 Å². The summed E-state index contributed by atoms with van der Waals surface area (Å²) < 4.78 is 0. The van der Waals surface area contributed by atoms with Crippen molar-refractivity contribution in [2.45, 2.75) is 13.1 Å². The fourth-order valence-electron chi connectivity index (χ4n) is 2.88. The number of rotatable bonds is 8. The molecule has 3 aromatic rings. The number of amides is 2. The highest BCUT2D eigenvalue weighted by Gasteiger charge is 2.03. The molecule has 0 aliphatic rings. The fourth-order valence-corrected chi connectivity index (χ4v) is 3.82. The van der Waals surface area contributed by atoms with Gasteiger partial charge in [0.15, 0.2) is 0 Å². The van der Waals surface area contributed by atoms with Crippen LogP contribution in [0.3, 0.4) is 0 Å². The fraction of sp³-hybridized carbons (Fsp3) is 0.0769. The Morgan fingerprint density at radius 1 is 0.618 bits per heavy atom. The number of halogens is 4. The van der Waals surface area contributed by atoms with Gasteiger partial charge in [0.1, 0.15) is 0 Å². The van der Waals surface area contributed by atoms with E-state index in [1.54, 1.807) is 48.6 Å². The van der Waals surface area contributed by atoms with Crippen molar-refractivity contribution in [1.29, 1.82) is 0 Å². The minimum Gasteiger partial charge on any atom is -0.348 e. The molecule has 3 aromatic carbocycles. The molecule has 8 heteroatoms. The van der Waals surface area contributed by atoms with Gasteiger partial charge in [-0.05, 0) is 58.7 Å². The summed E-state index contributed by atoms with van der Waals surface area (Å²) in [4.78, 5) is 24.2. The van der Waals surface area contributed by atoms with Crippen LogP contribution in [0.4, 0.5) is 0 Å². The largest absolute Gasteiger partial charge is 0.348 e. The molecule has 34 heavy (non-hydrogen) atoms. The van der Waals surface area contributed by atoms with Gasteiger partial charge in [-0.2, -0.15) is 0 Å². The SMILES string of the molecule is O=C(C=Cc1ccc(Cl)cc1Cl)NCc1ccc(CNC(=O)C=Cc2ccc(Cl)cc2Cl)cc1. The summed E-state index contributed by atoms with van der Waals surface area (Å²) in [5, 5.41) is 7.66. The minimum atomic E-state index is -0.241. The minimum absolute atomic E-state index is 0.241. The summed E-state index contributed by atoms with van der Waals surface area (Å²) in [5.41, 5.74) is 3.27. The molecule has 2 amide bonds. The van der Waals surface area contributed by atoms with Crippen LogP contribution in [0.1, 0.15) is 22.3 Å². The number of benzene rings is 3. The second kappa shape index (κ2) is 12.6. The van der Waals surface area contributed by atoms with Crippen molar-refractivity contribution in [3.8, 4) is 0 Å². The molecule has 0 saturated heterocycles. The average Bonchev–Trinajstić information content (AvgIpc) is 2.81. The lowest BCUT2D eigenvalue weighted by molar-refractivity contribution is -0.117. The molecule has 0 aliphatic carbocycles. The zero-order chi connectivity index (χ0) is 24.5. The van der Waals surface area contributed by atoms with E-state index < -0.39 is 0 Å². The third-order valence-corrected chi connectivity index (χ3v) is 5.83. The molecule has 0 aromatic heterocycles. The zero-order valence-corrected chi connectivity index (χ0v) is 20.8. The molecule has 0 radical (unpaired) electrons. The first kappa shape index (κ1) is 25.9. The van der Waals surface area contributed by atoms with E-state index in [4.69, 9.17) is 46.4 Å². The zero-order valence-electron chi connectivity index (χ0n) is 17.8. The molecule has 3 rings (SSSR count). The predicted octanol–water partition coefficient (Wildman–Crippen LogP) is 6.96. The van der Waals surface area contributed by atoms with Crippen molar-refractivity contribution in [3.05, 3.63) is 115 Å². The van der Waals surface area contributed by atoms with Crippen molar-refractivity contribution in [2.75, 3.05) is 0 Å². The first-order valence-electron chi connectivity index (χ1n) is 10.2. The number of hydrogen-bond donors (Lipinski definition) is 2. The number of carbonyl (C=O) groups excluding carboxylic acids is 2. The van der Waals surface area contributed by atoms with E-state index in [0.717, 1.165) is 11.1 Å². The smallest absolute Gasteiger partial charge is 0.244 e. The Labute approximate surface area is 218 Å². The number of carbonyl (C=O) groups is 2. The van der Waals surface area contributed by atoms with E-state index in [-0.39, 0.29) is 11.8 Å². The molecule has 4 nitrogen and oxygen atoms in total. The van der Waals surface area contributed by atoms with E-state index >= 15 is 0 Å². The first-order chi connectivity index (χ1) is 16.3. The van der Waals surface area contributed by atoms with Crippen LogP contribution in [0.25, 0.3) is 12.2 Å². The van der Waals surface area contributed by atoms with Gasteiger partial charge >= 0.3 is 0 Å². The maximum absolute atomic E-state index is 12.1. The van der Waals surface area contributed by atoms with Crippen molar-refractivity contribution in [1.82, 2.24) is 10.6 Å². The lowest BCUT2D eigenvalue weighted by atomic mass is 10.1. The van der Waals surface area contributed by atoms with E-state index in [1.165, 1.54) is 12.2 Å². The van der Waals surface area contributed by atoms with Gasteiger partial charge < -0.3 is 10.6 Å². The summed E-state index contributed by atoms with van der Waals surface area (Å²) >= 11 is 23.9. The molecule has 2 N–H and O–H groups in total. The first-order valence-corrected chi connectivity index (χ1v) is 11.7. The second-order valence-electron chi connectivity index (χ2n) is 7.25. The lowest BCUT2D eigenvalue weighted by Gasteiger charge is -2.06. The summed E-state index contributed by atoms with van der Waals surface area (Å²) in [6.07, 6.45) is 6.11. The predicted molar refractivity (Wildman–Crippen MR) is 141 cm³/mol. The monoisotopic (exact) mass is 532 g/mol. The topological polar surface area (TPSA) is 58.2 Å². The Balaban J connectivity index is 1.44. The molecule has 0 spiro atoms. The van der Waals surface area contributed by atoms with Crippen LogP contribution in [0.15, 0.2) is 72.8 Å². The standard InChI is InChI=1S/C26H20Cl4N2O2/c27-21-9-5-19(23(29)13-21)7-11-25(33)31-15-17-1-2-18(4-3-17)16-32-26(34)12-8-20-6-10-22(28)14-24(20)30/h1-14H,15-16H2,(H,31,33)(H,32,34). The third kappa shape index (κ3) is 8.23. The summed E-state index contributed by atoms with van der Waals surface area (Å²) in [6, 6.07) is 17.7. The quantitative estimate of drug-likeness (QED) is 0.307. The molecule has 0 aliphatic heterocycles. The van der Waals surface area contributed by atoms with Gasteiger partial charge in [0.2, 0.25) is 11.8 Å². The maximum Gasteiger partial charge on any atom is 0.244 e. The van der Waals surface area contributed by atoms with Gasteiger partial charge in [-0.25, -0.2) is 0 Å². The Bertz CT molecular complexity index is 1140. The van der Waals surface area contributed by atoms with Gasteiger partial charge in [0.05, 0.1) is 0 Å². The highest BCUT2D eigenvalue weighted by atomic mass is 35.5.